The number of hydrogen-bond donors (Lipinski definition) is 1. The van der Waals surface area contributed by atoms with Gasteiger partial charge in [-0.2, -0.15) is 5.10 Å². The molecule has 0 aromatic carbocycles. The summed E-state index contributed by atoms with van der Waals surface area (Å²) in [6.45, 7) is 9.67. The zero-order chi connectivity index (χ0) is 14.8. The molecule has 2 heterocycles. The molecule has 0 bridgehead atoms. The van der Waals surface area contributed by atoms with E-state index in [4.69, 9.17) is 0 Å². The number of nitrogens with one attached hydrogen (secondary N) is 1. The van der Waals surface area contributed by atoms with Crippen LogP contribution in [-0.4, -0.2) is 31.0 Å². The van der Waals surface area contributed by atoms with Crippen LogP contribution in [0.4, 0.5) is 5.82 Å². The normalized spacial score (nSPS) is 12.1. The molecule has 2 rings (SSSR count). The van der Waals surface area contributed by atoms with Crippen molar-refractivity contribution in [2.75, 3.05) is 11.9 Å². The molecule has 0 amide bonds. The van der Waals surface area contributed by atoms with Gasteiger partial charge in [0.15, 0.2) is 5.65 Å². The van der Waals surface area contributed by atoms with Crippen LogP contribution < -0.4 is 5.32 Å². The summed E-state index contributed by atoms with van der Waals surface area (Å²) in [7, 11) is 1.92. The number of thioether (sulfide) groups is 1. The number of nitrogens with zero attached hydrogens (tertiary/aromatic N) is 4. The molecule has 0 unspecified atom stereocenters. The lowest BCUT2D eigenvalue weighted by Crippen LogP contribution is -2.10. The second kappa shape index (κ2) is 5.99. The van der Waals surface area contributed by atoms with Gasteiger partial charge in [0.1, 0.15) is 11.6 Å². The fourth-order valence-corrected chi connectivity index (χ4v) is 2.48. The van der Waals surface area contributed by atoms with Gasteiger partial charge in [-0.25, -0.2) is 9.97 Å². The maximum atomic E-state index is 4.66. The monoisotopic (exact) mass is 293 g/mol. The Kier molecular flexibility index (Phi) is 4.52. The molecule has 0 saturated heterocycles. The van der Waals surface area contributed by atoms with Gasteiger partial charge in [-0.1, -0.05) is 27.7 Å². The number of aryl methyl sites for hydroxylation is 1. The molecule has 0 aliphatic heterocycles. The summed E-state index contributed by atoms with van der Waals surface area (Å²) in [5, 5.41) is 8.65. The van der Waals surface area contributed by atoms with E-state index in [9.17, 15) is 0 Å². The minimum atomic E-state index is 0.210. The lowest BCUT2D eigenvalue weighted by Gasteiger charge is -2.17. The van der Waals surface area contributed by atoms with Gasteiger partial charge in [0.05, 0.1) is 17.3 Å². The maximum absolute atomic E-state index is 4.66. The molecule has 2 aromatic rings. The van der Waals surface area contributed by atoms with Crippen LogP contribution in [0.1, 0.15) is 39.9 Å². The van der Waals surface area contributed by atoms with E-state index in [1.165, 1.54) is 0 Å². The van der Waals surface area contributed by atoms with Crippen LogP contribution >= 0.6 is 11.8 Å². The first-order chi connectivity index (χ1) is 9.40. The van der Waals surface area contributed by atoms with Crippen molar-refractivity contribution in [3.8, 4) is 0 Å². The Labute approximate surface area is 124 Å². The van der Waals surface area contributed by atoms with Crippen molar-refractivity contribution in [1.82, 2.24) is 19.7 Å². The SMILES string of the molecule is CCCNc1nc(CSC(C)(C)C)nc2c1cnn2C. The van der Waals surface area contributed by atoms with Crippen LogP contribution in [0.15, 0.2) is 6.20 Å². The fraction of sp³-hybridized carbons (Fsp3) is 0.643. The summed E-state index contributed by atoms with van der Waals surface area (Å²) in [5.41, 5.74) is 0.892. The summed E-state index contributed by atoms with van der Waals surface area (Å²) < 4.78 is 2.02. The highest BCUT2D eigenvalue weighted by atomic mass is 32.2. The zero-order valence-electron chi connectivity index (χ0n) is 12.9. The minimum Gasteiger partial charge on any atom is -0.369 e. The maximum Gasteiger partial charge on any atom is 0.163 e. The van der Waals surface area contributed by atoms with Crippen LogP contribution in [0.2, 0.25) is 0 Å². The van der Waals surface area contributed by atoms with E-state index in [0.717, 1.165) is 41.4 Å². The first-order valence-corrected chi connectivity index (χ1v) is 7.95. The number of anilines is 1. The quantitative estimate of drug-likeness (QED) is 0.917. The van der Waals surface area contributed by atoms with Gasteiger partial charge in [0, 0.05) is 18.3 Å². The van der Waals surface area contributed by atoms with Gasteiger partial charge in [0.2, 0.25) is 0 Å². The second-order valence-electron chi connectivity index (χ2n) is 5.82. The Bertz CT molecular complexity index is 585. The lowest BCUT2D eigenvalue weighted by atomic mass is 10.3. The number of aromatic nitrogens is 4. The molecule has 0 spiro atoms. The van der Waals surface area contributed by atoms with Crippen molar-refractivity contribution < 1.29 is 0 Å². The highest BCUT2D eigenvalue weighted by molar-refractivity contribution is 7.99. The first-order valence-electron chi connectivity index (χ1n) is 6.97. The average molecular weight is 293 g/mol. The van der Waals surface area contributed by atoms with Gasteiger partial charge < -0.3 is 5.32 Å². The summed E-state index contributed by atoms with van der Waals surface area (Å²) in [4.78, 5) is 9.29. The highest BCUT2D eigenvalue weighted by Gasteiger charge is 2.15. The third-order valence-corrected chi connectivity index (χ3v) is 4.08. The molecule has 0 atom stereocenters. The molecule has 6 heteroatoms. The molecule has 2 aromatic heterocycles. The van der Waals surface area contributed by atoms with Crippen LogP contribution in [0.5, 0.6) is 0 Å². The van der Waals surface area contributed by atoms with Crippen molar-refractivity contribution in [1.29, 1.82) is 0 Å². The number of rotatable bonds is 5. The van der Waals surface area contributed by atoms with Gasteiger partial charge in [-0.15, -0.1) is 11.8 Å². The third kappa shape index (κ3) is 3.62. The molecule has 0 fully saturated rings. The van der Waals surface area contributed by atoms with Crippen LogP contribution in [0.3, 0.4) is 0 Å². The summed E-state index contributed by atoms with van der Waals surface area (Å²) in [5.74, 6) is 2.57. The van der Waals surface area contributed by atoms with Gasteiger partial charge in [-0.3, -0.25) is 4.68 Å². The van der Waals surface area contributed by atoms with E-state index in [-0.39, 0.29) is 4.75 Å². The van der Waals surface area contributed by atoms with Crippen molar-refractivity contribution >= 4 is 28.6 Å². The smallest absolute Gasteiger partial charge is 0.163 e. The molecular formula is C14H23N5S. The van der Waals surface area contributed by atoms with E-state index in [2.05, 4.69) is 48.1 Å². The topological polar surface area (TPSA) is 55.6 Å². The number of fused-ring (bicyclic) bond motifs is 1. The molecule has 0 aliphatic carbocycles. The van der Waals surface area contributed by atoms with Crippen LogP contribution in [0, 0.1) is 0 Å². The zero-order valence-corrected chi connectivity index (χ0v) is 13.7. The molecule has 0 aliphatic rings. The van der Waals surface area contributed by atoms with E-state index in [0.29, 0.717) is 0 Å². The summed E-state index contributed by atoms with van der Waals surface area (Å²) in [6, 6.07) is 0. The lowest BCUT2D eigenvalue weighted by molar-refractivity contribution is 0.780. The summed E-state index contributed by atoms with van der Waals surface area (Å²) >= 11 is 1.85. The van der Waals surface area contributed by atoms with Gasteiger partial charge >= 0.3 is 0 Å². The Balaban J connectivity index is 2.32. The molecule has 20 heavy (non-hydrogen) atoms. The Hall–Kier alpha value is -1.30. The molecular weight excluding hydrogens is 270 g/mol. The van der Waals surface area contributed by atoms with Crippen molar-refractivity contribution in [2.45, 2.75) is 44.6 Å². The number of hydrogen-bond acceptors (Lipinski definition) is 5. The predicted octanol–water partition coefficient (Wildman–Crippen LogP) is 3.22. The Morgan fingerprint density at radius 2 is 2.05 bits per heavy atom. The molecule has 5 nitrogen and oxygen atoms in total. The predicted molar refractivity (Wildman–Crippen MR) is 86.1 cm³/mol. The second-order valence-corrected chi connectivity index (χ2v) is 7.62. The molecule has 110 valence electrons. The molecule has 1 N–H and O–H groups in total. The molecule has 0 radical (unpaired) electrons. The van der Waals surface area contributed by atoms with Crippen molar-refractivity contribution in [2.24, 2.45) is 7.05 Å². The van der Waals surface area contributed by atoms with Crippen LogP contribution in [0.25, 0.3) is 11.0 Å². The Morgan fingerprint density at radius 3 is 2.70 bits per heavy atom. The molecule has 0 saturated carbocycles. The van der Waals surface area contributed by atoms with E-state index >= 15 is 0 Å². The van der Waals surface area contributed by atoms with E-state index in [1.807, 2.05) is 25.0 Å². The largest absolute Gasteiger partial charge is 0.369 e. The van der Waals surface area contributed by atoms with E-state index < -0.39 is 0 Å². The standard InChI is InChI=1S/C14H23N5S/c1-6-7-15-12-10-8-16-19(5)13(10)18-11(17-12)9-20-14(2,3)4/h8H,6-7,9H2,1-5H3,(H,15,17,18). The van der Waals surface area contributed by atoms with Crippen LogP contribution in [-0.2, 0) is 12.8 Å². The van der Waals surface area contributed by atoms with E-state index in [1.54, 1.807) is 4.68 Å². The minimum absolute atomic E-state index is 0.210. The van der Waals surface area contributed by atoms with Gasteiger partial charge in [-0.05, 0) is 6.42 Å². The first kappa shape index (κ1) is 15.1. The Morgan fingerprint density at radius 1 is 1.30 bits per heavy atom. The fourth-order valence-electron chi connectivity index (χ4n) is 1.79. The third-order valence-electron chi connectivity index (χ3n) is 2.82. The highest BCUT2D eigenvalue weighted by Crippen LogP contribution is 2.27. The van der Waals surface area contributed by atoms with Crippen molar-refractivity contribution in [3.05, 3.63) is 12.0 Å². The summed E-state index contributed by atoms with van der Waals surface area (Å²) in [6.07, 6.45) is 2.89. The average Bonchev–Trinajstić information content (AvgIpc) is 2.75. The van der Waals surface area contributed by atoms with Gasteiger partial charge in [0.25, 0.3) is 0 Å². The van der Waals surface area contributed by atoms with Crippen molar-refractivity contribution in [3.63, 3.8) is 0 Å².